The molecule has 1 heterocycles. The van der Waals surface area contributed by atoms with Gasteiger partial charge in [0.1, 0.15) is 17.8 Å². The van der Waals surface area contributed by atoms with Crippen molar-refractivity contribution in [2.45, 2.75) is 13.1 Å². The summed E-state index contributed by atoms with van der Waals surface area (Å²) in [6, 6.07) is 4.28. The number of halogens is 4. The van der Waals surface area contributed by atoms with Crippen molar-refractivity contribution in [3.8, 4) is 5.69 Å². The van der Waals surface area contributed by atoms with Crippen LogP contribution in [-0.4, -0.2) is 16.1 Å². The van der Waals surface area contributed by atoms with Gasteiger partial charge in [-0.05, 0) is 31.2 Å². The number of aromatic nitrogens is 2. The molecule has 0 fully saturated rings. The Morgan fingerprint density at radius 2 is 1.95 bits per heavy atom. The number of carbonyl (C=O) groups excluding carboxylic acids is 1. The Kier molecular flexibility index (Phi) is 3.13. The molecule has 2 aromatic rings. The number of rotatable bonds is 2. The van der Waals surface area contributed by atoms with E-state index in [0.717, 1.165) is 16.8 Å². The maximum absolute atomic E-state index is 13.7. The number of alkyl halides is 3. The molecule has 0 aliphatic carbocycles. The van der Waals surface area contributed by atoms with Gasteiger partial charge in [0, 0.05) is 11.3 Å². The highest BCUT2D eigenvalue weighted by atomic mass is 19.4. The van der Waals surface area contributed by atoms with E-state index in [4.69, 9.17) is 0 Å². The maximum atomic E-state index is 13.7. The molecular formula is C12H8F4N2O. The zero-order chi connectivity index (χ0) is 14.2. The number of hydrogen-bond donors (Lipinski definition) is 0. The Labute approximate surface area is 105 Å². The Morgan fingerprint density at radius 1 is 1.26 bits per heavy atom. The monoisotopic (exact) mass is 272 g/mol. The van der Waals surface area contributed by atoms with Gasteiger partial charge in [0.15, 0.2) is 5.69 Å². The average molecular weight is 272 g/mol. The predicted octanol–water partition coefficient (Wildman–Crippen LogP) is 3.15. The van der Waals surface area contributed by atoms with Gasteiger partial charge in [0.25, 0.3) is 0 Å². The van der Waals surface area contributed by atoms with Crippen LogP contribution in [0.25, 0.3) is 5.69 Å². The van der Waals surface area contributed by atoms with E-state index in [0.29, 0.717) is 6.29 Å². The van der Waals surface area contributed by atoms with E-state index in [-0.39, 0.29) is 16.9 Å². The van der Waals surface area contributed by atoms with E-state index in [1.165, 1.54) is 19.1 Å². The molecule has 0 saturated heterocycles. The highest BCUT2D eigenvalue weighted by molar-refractivity contribution is 5.75. The third-order valence-electron chi connectivity index (χ3n) is 2.51. The topological polar surface area (TPSA) is 34.9 Å². The number of aryl methyl sites for hydroxylation is 1. The molecule has 100 valence electrons. The third-order valence-corrected chi connectivity index (χ3v) is 2.51. The van der Waals surface area contributed by atoms with Crippen LogP contribution in [0, 0.1) is 12.7 Å². The predicted molar refractivity (Wildman–Crippen MR) is 58.6 cm³/mol. The third kappa shape index (κ3) is 2.49. The van der Waals surface area contributed by atoms with Crippen molar-refractivity contribution in [2.24, 2.45) is 0 Å². The van der Waals surface area contributed by atoms with E-state index >= 15 is 0 Å². The second-order valence-corrected chi connectivity index (χ2v) is 3.91. The van der Waals surface area contributed by atoms with E-state index in [1.54, 1.807) is 0 Å². The maximum Gasteiger partial charge on any atom is 0.435 e. The molecule has 0 radical (unpaired) electrons. The molecule has 0 saturated carbocycles. The molecular weight excluding hydrogens is 264 g/mol. The van der Waals surface area contributed by atoms with Crippen molar-refractivity contribution in [3.05, 3.63) is 47.0 Å². The van der Waals surface area contributed by atoms with Gasteiger partial charge >= 0.3 is 6.18 Å². The largest absolute Gasteiger partial charge is 0.435 e. The molecule has 0 aliphatic heterocycles. The Bertz CT molecular complexity index is 631. The zero-order valence-electron chi connectivity index (χ0n) is 9.70. The molecule has 0 atom stereocenters. The molecule has 0 N–H and O–H groups in total. The smallest absolute Gasteiger partial charge is 0.298 e. The van der Waals surface area contributed by atoms with E-state index in [1.807, 2.05) is 0 Å². The standard InChI is InChI=1S/C12H8F4N2O/c1-7-4-11(12(14,15)16)17-18(7)10-3-2-8(6-19)5-9(10)13/h2-6H,1H3. The first-order valence-electron chi connectivity index (χ1n) is 5.22. The number of aldehydes is 1. The van der Waals surface area contributed by atoms with Gasteiger partial charge in [0.2, 0.25) is 0 Å². The van der Waals surface area contributed by atoms with E-state index < -0.39 is 17.7 Å². The first-order valence-corrected chi connectivity index (χ1v) is 5.22. The molecule has 0 bridgehead atoms. The molecule has 19 heavy (non-hydrogen) atoms. The van der Waals surface area contributed by atoms with Crippen LogP contribution >= 0.6 is 0 Å². The minimum atomic E-state index is -4.59. The lowest BCUT2D eigenvalue weighted by atomic mass is 10.2. The number of benzene rings is 1. The average Bonchev–Trinajstić information content (AvgIpc) is 2.71. The second kappa shape index (κ2) is 4.49. The summed E-state index contributed by atoms with van der Waals surface area (Å²) >= 11 is 0. The minimum Gasteiger partial charge on any atom is -0.298 e. The van der Waals surface area contributed by atoms with Gasteiger partial charge in [-0.25, -0.2) is 9.07 Å². The normalized spacial score (nSPS) is 11.6. The number of nitrogens with zero attached hydrogens (tertiary/aromatic N) is 2. The first kappa shape index (κ1) is 13.3. The summed E-state index contributed by atoms with van der Waals surface area (Å²) in [4.78, 5) is 10.5. The summed E-state index contributed by atoms with van der Waals surface area (Å²) in [7, 11) is 0. The number of carbonyl (C=O) groups is 1. The minimum absolute atomic E-state index is 0.0992. The Morgan fingerprint density at radius 3 is 2.42 bits per heavy atom. The van der Waals surface area contributed by atoms with Crippen molar-refractivity contribution in [3.63, 3.8) is 0 Å². The molecule has 7 heteroatoms. The summed E-state index contributed by atoms with van der Waals surface area (Å²) < 4.78 is 52.1. The van der Waals surface area contributed by atoms with Crippen LogP contribution in [0.3, 0.4) is 0 Å². The summed E-state index contributed by atoms with van der Waals surface area (Å²) in [6.07, 6.45) is -4.14. The second-order valence-electron chi connectivity index (χ2n) is 3.91. The summed E-state index contributed by atoms with van der Waals surface area (Å²) in [6.45, 7) is 1.38. The summed E-state index contributed by atoms with van der Waals surface area (Å²) in [5.74, 6) is -0.815. The van der Waals surface area contributed by atoms with Crippen LogP contribution in [0.5, 0.6) is 0 Å². The van der Waals surface area contributed by atoms with Crippen LogP contribution in [0.15, 0.2) is 24.3 Å². The van der Waals surface area contributed by atoms with Crippen molar-refractivity contribution in [1.82, 2.24) is 9.78 Å². The van der Waals surface area contributed by atoms with E-state index in [2.05, 4.69) is 5.10 Å². The lowest BCUT2D eigenvalue weighted by molar-refractivity contribution is -0.141. The fourth-order valence-corrected chi connectivity index (χ4v) is 1.63. The molecule has 0 spiro atoms. The van der Waals surface area contributed by atoms with E-state index in [9.17, 15) is 22.4 Å². The zero-order valence-corrected chi connectivity index (χ0v) is 9.70. The van der Waals surface area contributed by atoms with Gasteiger partial charge in [-0.1, -0.05) is 0 Å². The van der Waals surface area contributed by atoms with Crippen molar-refractivity contribution < 1.29 is 22.4 Å². The SMILES string of the molecule is Cc1cc(C(F)(F)F)nn1-c1ccc(C=O)cc1F. The van der Waals surface area contributed by atoms with Gasteiger partial charge < -0.3 is 0 Å². The van der Waals surface area contributed by atoms with Crippen LogP contribution < -0.4 is 0 Å². The van der Waals surface area contributed by atoms with Gasteiger partial charge in [0.05, 0.1) is 0 Å². The fourth-order valence-electron chi connectivity index (χ4n) is 1.63. The van der Waals surface area contributed by atoms with Crippen molar-refractivity contribution in [2.75, 3.05) is 0 Å². The molecule has 1 aromatic carbocycles. The molecule has 0 aliphatic rings. The van der Waals surface area contributed by atoms with Crippen molar-refractivity contribution >= 4 is 6.29 Å². The fraction of sp³-hybridized carbons (Fsp3) is 0.167. The quantitative estimate of drug-likeness (QED) is 0.621. The molecule has 0 unspecified atom stereocenters. The van der Waals surface area contributed by atoms with Gasteiger partial charge in [-0.15, -0.1) is 0 Å². The lowest BCUT2D eigenvalue weighted by Gasteiger charge is -2.06. The molecule has 0 amide bonds. The van der Waals surface area contributed by atoms with Crippen LogP contribution in [-0.2, 0) is 6.18 Å². The highest BCUT2D eigenvalue weighted by Gasteiger charge is 2.34. The van der Waals surface area contributed by atoms with Gasteiger partial charge in [-0.3, -0.25) is 4.79 Å². The van der Waals surface area contributed by atoms with Crippen LogP contribution in [0.2, 0.25) is 0 Å². The Hall–Kier alpha value is -2.18. The summed E-state index contributed by atoms with van der Waals surface area (Å²) in [5, 5.41) is 3.33. The Balaban J connectivity index is 2.53. The number of hydrogen-bond acceptors (Lipinski definition) is 2. The molecule has 1 aromatic heterocycles. The van der Waals surface area contributed by atoms with Crippen LogP contribution in [0.1, 0.15) is 21.7 Å². The van der Waals surface area contributed by atoms with Crippen LogP contribution in [0.4, 0.5) is 17.6 Å². The van der Waals surface area contributed by atoms with Gasteiger partial charge in [-0.2, -0.15) is 18.3 Å². The molecule has 2 rings (SSSR count). The lowest BCUT2D eigenvalue weighted by Crippen LogP contribution is -2.08. The highest BCUT2D eigenvalue weighted by Crippen LogP contribution is 2.29. The molecule has 3 nitrogen and oxygen atoms in total. The summed E-state index contributed by atoms with van der Waals surface area (Å²) in [5.41, 5.74) is -0.991. The first-order chi connectivity index (χ1) is 8.82. The van der Waals surface area contributed by atoms with Crippen molar-refractivity contribution in [1.29, 1.82) is 0 Å².